The maximum absolute atomic E-state index is 12.7. The topological polar surface area (TPSA) is 52.6 Å². The van der Waals surface area contributed by atoms with Crippen molar-refractivity contribution in [1.29, 1.82) is 0 Å². The predicted molar refractivity (Wildman–Crippen MR) is 169 cm³/mol. The van der Waals surface area contributed by atoms with Crippen molar-refractivity contribution in [3.8, 4) is 0 Å². The van der Waals surface area contributed by atoms with Gasteiger partial charge in [0.15, 0.2) is 0 Å². The Morgan fingerprint density at radius 3 is 1.38 bits per heavy atom. The summed E-state index contributed by atoms with van der Waals surface area (Å²) in [5.41, 5.74) is 0.532. The summed E-state index contributed by atoms with van der Waals surface area (Å²) in [4.78, 5) is 25.4. The molecule has 0 N–H and O–H groups in total. The normalized spacial score (nSPS) is 15.2. The van der Waals surface area contributed by atoms with Gasteiger partial charge >= 0.3 is 11.9 Å². The molecule has 0 bridgehead atoms. The smallest absolute Gasteiger partial charge is 0.334 e. The van der Waals surface area contributed by atoms with Crippen LogP contribution in [0.25, 0.3) is 0 Å². The zero-order chi connectivity index (χ0) is 28.9. The molecule has 234 valence electrons. The van der Waals surface area contributed by atoms with E-state index in [9.17, 15) is 9.59 Å². The van der Waals surface area contributed by atoms with E-state index in [2.05, 4.69) is 13.8 Å². The number of rotatable bonds is 28. The molecule has 1 atom stereocenters. The minimum Gasteiger partial charge on any atom is -0.465 e. The highest BCUT2D eigenvalue weighted by atomic mass is 16.5. The molecule has 4 heteroatoms. The van der Waals surface area contributed by atoms with Gasteiger partial charge in [-0.25, -0.2) is 4.79 Å². The Morgan fingerprint density at radius 1 is 0.575 bits per heavy atom. The number of esters is 2. The Morgan fingerprint density at radius 2 is 0.950 bits per heavy atom. The molecule has 0 aromatic carbocycles. The molecule has 4 nitrogen and oxygen atoms in total. The second-order valence-corrected chi connectivity index (χ2v) is 12.2. The highest BCUT2D eigenvalue weighted by Gasteiger charge is 2.31. The minimum atomic E-state index is -0.444. The van der Waals surface area contributed by atoms with Crippen molar-refractivity contribution in [3.63, 3.8) is 0 Å². The Bertz CT molecular complexity index is 626. The number of carbonyl (C=O) groups is 2. The van der Waals surface area contributed by atoms with Crippen LogP contribution in [0.1, 0.15) is 187 Å². The fraction of sp³-hybridized carbons (Fsp3) is 0.889. The van der Waals surface area contributed by atoms with Crippen LogP contribution in [0.3, 0.4) is 0 Å². The van der Waals surface area contributed by atoms with E-state index in [4.69, 9.17) is 9.47 Å². The largest absolute Gasteiger partial charge is 0.465 e. The van der Waals surface area contributed by atoms with Crippen LogP contribution in [0.15, 0.2) is 11.6 Å². The van der Waals surface area contributed by atoms with Crippen LogP contribution in [0.4, 0.5) is 0 Å². The molecule has 0 spiro atoms. The summed E-state index contributed by atoms with van der Waals surface area (Å²) in [6.07, 6.45) is 35.3. The zero-order valence-electron chi connectivity index (χ0n) is 26.8. The minimum absolute atomic E-state index is 0.240. The number of unbranched alkanes of at least 4 members (excludes halogenated alkanes) is 22. The van der Waals surface area contributed by atoms with Crippen molar-refractivity contribution in [1.82, 2.24) is 0 Å². The molecular formula is C36H66O4. The lowest BCUT2D eigenvalue weighted by Gasteiger charge is -2.21. The van der Waals surface area contributed by atoms with Gasteiger partial charge in [-0.15, -0.1) is 0 Å². The predicted octanol–water partition coefficient (Wildman–Crippen LogP) is 11.2. The van der Waals surface area contributed by atoms with E-state index in [1.54, 1.807) is 0 Å². The van der Waals surface area contributed by atoms with Crippen molar-refractivity contribution >= 4 is 11.9 Å². The molecule has 1 aliphatic rings. The second-order valence-electron chi connectivity index (χ2n) is 12.2. The number of allylic oxidation sites excluding steroid dienone is 1. The van der Waals surface area contributed by atoms with Crippen LogP contribution < -0.4 is 0 Å². The van der Waals surface area contributed by atoms with Crippen LogP contribution in [0.2, 0.25) is 0 Å². The van der Waals surface area contributed by atoms with Crippen molar-refractivity contribution in [2.45, 2.75) is 187 Å². The Hall–Kier alpha value is -1.32. The van der Waals surface area contributed by atoms with Crippen LogP contribution in [-0.2, 0) is 19.1 Å². The SMILES string of the molecule is CCCCCCCCCCCCCCOC(=O)C1=CCCCC1C(=O)OCCCCCCCCCCCCCC. The molecule has 40 heavy (non-hydrogen) atoms. The van der Waals surface area contributed by atoms with Crippen molar-refractivity contribution in [2.75, 3.05) is 13.2 Å². The first-order valence-corrected chi connectivity index (χ1v) is 17.7. The van der Waals surface area contributed by atoms with E-state index in [0.29, 0.717) is 25.2 Å². The van der Waals surface area contributed by atoms with Gasteiger partial charge in [0.1, 0.15) is 0 Å². The molecule has 0 saturated carbocycles. The number of hydrogen-bond donors (Lipinski definition) is 0. The monoisotopic (exact) mass is 562 g/mol. The Labute approximate surface area is 248 Å². The molecule has 1 aliphatic carbocycles. The van der Waals surface area contributed by atoms with Crippen LogP contribution in [-0.4, -0.2) is 25.2 Å². The van der Waals surface area contributed by atoms with Gasteiger partial charge in [0.25, 0.3) is 0 Å². The average molecular weight is 563 g/mol. The second kappa shape index (κ2) is 27.8. The summed E-state index contributed by atoms with van der Waals surface area (Å²) >= 11 is 0. The summed E-state index contributed by atoms with van der Waals surface area (Å²) in [5.74, 6) is -0.994. The van der Waals surface area contributed by atoms with Crippen LogP contribution in [0.5, 0.6) is 0 Å². The molecule has 1 rings (SSSR count). The summed E-state index contributed by atoms with van der Waals surface area (Å²) in [7, 11) is 0. The zero-order valence-corrected chi connectivity index (χ0v) is 26.8. The highest BCUT2D eigenvalue weighted by Crippen LogP contribution is 2.27. The van der Waals surface area contributed by atoms with Gasteiger partial charge in [-0.05, 0) is 32.1 Å². The van der Waals surface area contributed by atoms with E-state index >= 15 is 0 Å². The highest BCUT2D eigenvalue weighted by molar-refractivity contribution is 5.95. The fourth-order valence-corrected chi connectivity index (χ4v) is 5.76. The van der Waals surface area contributed by atoms with Crippen LogP contribution >= 0.6 is 0 Å². The molecular weight excluding hydrogens is 496 g/mol. The van der Waals surface area contributed by atoms with Crippen LogP contribution in [0, 0.1) is 5.92 Å². The molecule has 0 heterocycles. The Kier molecular flexibility index (Phi) is 25.5. The van der Waals surface area contributed by atoms with Gasteiger partial charge in [-0.1, -0.05) is 161 Å². The molecule has 0 aliphatic heterocycles. The quantitative estimate of drug-likeness (QED) is 0.0703. The molecule has 0 fully saturated rings. The maximum Gasteiger partial charge on any atom is 0.334 e. The molecule has 0 aromatic rings. The number of ether oxygens (including phenoxy) is 2. The van der Waals surface area contributed by atoms with Gasteiger partial charge in [0.05, 0.1) is 19.1 Å². The van der Waals surface area contributed by atoms with Gasteiger partial charge in [0.2, 0.25) is 0 Å². The molecule has 1 unspecified atom stereocenters. The lowest BCUT2D eigenvalue weighted by molar-refractivity contribution is -0.151. The van der Waals surface area contributed by atoms with E-state index in [1.165, 1.54) is 128 Å². The van der Waals surface area contributed by atoms with Crippen molar-refractivity contribution in [3.05, 3.63) is 11.6 Å². The van der Waals surface area contributed by atoms with Gasteiger partial charge < -0.3 is 9.47 Å². The van der Waals surface area contributed by atoms with E-state index in [-0.39, 0.29) is 11.9 Å². The third-order valence-corrected chi connectivity index (χ3v) is 8.43. The lowest BCUT2D eigenvalue weighted by atomic mass is 9.87. The molecule has 0 radical (unpaired) electrons. The summed E-state index contributed by atoms with van der Waals surface area (Å²) < 4.78 is 11.1. The summed E-state index contributed by atoms with van der Waals surface area (Å²) in [6.45, 7) is 5.45. The van der Waals surface area contributed by atoms with Crippen molar-refractivity contribution in [2.24, 2.45) is 5.92 Å². The first-order valence-electron chi connectivity index (χ1n) is 17.7. The van der Waals surface area contributed by atoms with Gasteiger partial charge in [0, 0.05) is 5.57 Å². The standard InChI is InChI=1S/C36H66O4/c1-3-5-7-9-11-13-15-17-19-21-23-27-31-39-35(37)33-29-25-26-30-34(33)36(38)40-32-28-24-22-20-18-16-14-12-10-8-6-4-2/h29,34H,3-28,30-32H2,1-2H3. The summed E-state index contributed by atoms with van der Waals surface area (Å²) in [6, 6.07) is 0. The molecule has 0 saturated heterocycles. The third kappa shape index (κ3) is 20.5. The fourth-order valence-electron chi connectivity index (χ4n) is 5.76. The van der Waals surface area contributed by atoms with Gasteiger partial charge in [-0.2, -0.15) is 0 Å². The third-order valence-electron chi connectivity index (χ3n) is 8.43. The lowest BCUT2D eigenvalue weighted by Crippen LogP contribution is -2.27. The maximum atomic E-state index is 12.7. The van der Waals surface area contributed by atoms with E-state index in [0.717, 1.165) is 38.5 Å². The van der Waals surface area contributed by atoms with Crippen molar-refractivity contribution < 1.29 is 19.1 Å². The first-order chi connectivity index (χ1) is 19.7. The van der Waals surface area contributed by atoms with E-state index in [1.807, 2.05) is 6.08 Å². The number of hydrogen-bond acceptors (Lipinski definition) is 4. The molecule has 0 amide bonds. The summed E-state index contributed by atoms with van der Waals surface area (Å²) in [5, 5.41) is 0. The Balaban J connectivity index is 2.04. The van der Waals surface area contributed by atoms with Gasteiger partial charge in [-0.3, -0.25) is 4.79 Å². The average Bonchev–Trinajstić information content (AvgIpc) is 2.97. The molecule has 0 aromatic heterocycles. The first kappa shape index (κ1) is 36.7. The van der Waals surface area contributed by atoms with E-state index < -0.39 is 5.92 Å². The number of carbonyl (C=O) groups excluding carboxylic acids is 2.